The minimum atomic E-state index is 0.360. The molecule has 1 fully saturated rings. The van der Waals surface area contributed by atoms with E-state index in [1.54, 1.807) is 0 Å². The van der Waals surface area contributed by atoms with E-state index in [4.69, 9.17) is 9.47 Å². The highest BCUT2D eigenvalue weighted by Gasteiger charge is 2.36. The molecule has 0 unspecified atom stereocenters. The van der Waals surface area contributed by atoms with Crippen molar-refractivity contribution in [2.24, 2.45) is 5.41 Å². The monoisotopic (exact) mass is 190 g/mol. The summed E-state index contributed by atoms with van der Waals surface area (Å²) in [5.41, 5.74) is 0.360. The minimum absolute atomic E-state index is 0.360. The average Bonchev–Trinajstić information content (AvgIpc) is 2.02. The Balaban J connectivity index is 2.04. The normalized spacial score (nSPS) is 20.5. The van der Waals surface area contributed by atoms with Gasteiger partial charge in [-0.2, -0.15) is 11.8 Å². The second-order valence-corrected chi connectivity index (χ2v) is 4.38. The van der Waals surface area contributed by atoms with Crippen molar-refractivity contribution >= 4 is 11.8 Å². The van der Waals surface area contributed by atoms with Gasteiger partial charge in [0.15, 0.2) is 0 Å². The number of rotatable bonds is 6. The Labute approximate surface area is 79.0 Å². The Hall–Kier alpha value is 0.270. The van der Waals surface area contributed by atoms with Gasteiger partial charge in [-0.05, 0) is 12.7 Å². The lowest BCUT2D eigenvalue weighted by Crippen LogP contribution is -2.45. The van der Waals surface area contributed by atoms with Gasteiger partial charge in [-0.25, -0.2) is 0 Å². The van der Waals surface area contributed by atoms with Crippen LogP contribution in [0.5, 0.6) is 0 Å². The molecule has 3 heteroatoms. The summed E-state index contributed by atoms with van der Waals surface area (Å²) in [5.74, 6) is 1.10. The molecule has 0 radical (unpaired) electrons. The average molecular weight is 190 g/mol. The van der Waals surface area contributed by atoms with Crippen LogP contribution in [0.1, 0.15) is 13.3 Å². The fraction of sp³-hybridized carbons (Fsp3) is 1.00. The summed E-state index contributed by atoms with van der Waals surface area (Å²) in [7, 11) is 0. The van der Waals surface area contributed by atoms with Gasteiger partial charge >= 0.3 is 0 Å². The van der Waals surface area contributed by atoms with E-state index >= 15 is 0 Å². The standard InChI is InChI=1S/C9H18O2S/c1-3-9(7-11-8-9)6-10-4-5-12-2/h3-8H2,1-2H3. The molecule has 0 amide bonds. The zero-order valence-corrected chi connectivity index (χ0v) is 8.78. The first-order valence-electron chi connectivity index (χ1n) is 4.47. The minimum Gasteiger partial charge on any atom is -0.380 e. The van der Waals surface area contributed by atoms with Crippen LogP contribution in [-0.2, 0) is 9.47 Å². The molecule has 1 aliphatic rings. The number of ether oxygens (including phenoxy) is 2. The summed E-state index contributed by atoms with van der Waals surface area (Å²) in [4.78, 5) is 0. The molecule has 12 heavy (non-hydrogen) atoms. The largest absolute Gasteiger partial charge is 0.380 e. The zero-order valence-electron chi connectivity index (χ0n) is 7.97. The molecule has 0 aliphatic carbocycles. The Morgan fingerprint density at radius 1 is 1.50 bits per heavy atom. The predicted molar refractivity (Wildman–Crippen MR) is 52.7 cm³/mol. The molecule has 72 valence electrons. The highest BCUT2D eigenvalue weighted by atomic mass is 32.2. The summed E-state index contributed by atoms with van der Waals surface area (Å²) < 4.78 is 10.8. The third-order valence-corrected chi connectivity index (χ3v) is 2.98. The van der Waals surface area contributed by atoms with Crippen molar-refractivity contribution in [3.8, 4) is 0 Å². The molecule has 1 rings (SSSR count). The Kier molecular flexibility index (Phi) is 4.40. The van der Waals surface area contributed by atoms with Gasteiger partial charge in [0, 0.05) is 11.2 Å². The topological polar surface area (TPSA) is 18.5 Å². The van der Waals surface area contributed by atoms with Gasteiger partial charge in [0.1, 0.15) is 0 Å². The lowest BCUT2D eigenvalue weighted by atomic mass is 9.84. The van der Waals surface area contributed by atoms with Crippen molar-refractivity contribution in [2.45, 2.75) is 13.3 Å². The van der Waals surface area contributed by atoms with Crippen LogP contribution in [0.25, 0.3) is 0 Å². The van der Waals surface area contributed by atoms with Crippen LogP contribution >= 0.6 is 11.8 Å². The highest BCUT2D eigenvalue weighted by Crippen LogP contribution is 2.31. The van der Waals surface area contributed by atoms with E-state index < -0.39 is 0 Å². The van der Waals surface area contributed by atoms with Crippen LogP contribution in [-0.4, -0.2) is 38.4 Å². The predicted octanol–water partition coefficient (Wildman–Crippen LogP) is 1.79. The molecule has 0 N–H and O–H groups in total. The smallest absolute Gasteiger partial charge is 0.0567 e. The first-order chi connectivity index (χ1) is 5.83. The van der Waals surface area contributed by atoms with Crippen LogP contribution < -0.4 is 0 Å². The van der Waals surface area contributed by atoms with Gasteiger partial charge < -0.3 is 9.47 Å². The molecule has 0 spiro atoms. The van der Waals surface area contributed by atoms with Crippen LogP contribution in [0.3, 0.4) is 0 Å². The molecule has 0 aromatic carbocycles. The maximum atomic E-state index is 5.57. The summed E-state index contributed by atoms with van der Waals surface area (Å²) in [5, 5.41) is 0. The molecule has 1 saturated heterocycles. The van der Waals surface area contributed by atoms with Crippen molar-refractivity contribution in [1.29, 1.82) is 0 Å². The van der Waals surface area contributed by atoms with Crippen LogP contribution in [0.4, 0.5) is 0 Å². The lowest BCUT2D eigenvalue weighted by molar-refractivity contribution is -0.148. The molecule has 0 aromatic rings. The van der Waals surface area contributed by atoms with E-state index in [0.717, 1.165) is 32.2 Å². The van der Waals surface area contributed by atoms with Crippen molar-refractivity contribution < 1.29 is 9.47 Å². The van der Waals surface area contributed by atoms with E-state index in [1.165, 1.54) is 6.42 Å². The molecule has 0 bridgehead atoms. The van der Waals surface area contributed by atoms with Gasteiger partial charge in [-0.15, -0.1) is 0 Å². The summed E-state index contributed by atoms with van der Waals surface area (Å²) >= 11 is 1.83. The second-order valence-electron chi connectivity index (χ2n) is 3.39. The number of hydrogen-bond acceptors (Lipinski definition) is 3. The van der Waals surface area contributed by atoms with Crippen molar-refractivity contribution in [3.63, 3.8) is 0 Å². The van der Waals surface area contributed by atoms with Crippen LogP contribution in [0.15, 0.2) is 0 Å². The maximum absolute atomic E-state index is 5.57. The van der Waals surface area contributed by atoms with E-state index in [9.17, 15) is 0 Å². The summed E-state index contributed by atoms with van der Waals surface area (Å²) in [6.45, 7) is 5.75. The van der Waals surface area contributed by atoms with Crippen molar-refractivity contribution in [1.82, 2.24) is 0 Å². The molecule has 1 heterocycles. The molecule has 2 nitrogen and oxygen atoms in total. The Bertz CT molecular complexity index is 118. The fourth-order valence-electron chi connectivity index (χ4n) is 1.21. The van der Waals surface area contributed by atoms with Gasteiger partial charge in [-0.1, -0.05) is 6.92 Å². The van der Waals surface area contributed by atoms with Crippen LogP contribution in [0.2, 0.25) is 0 Å². The van der Waals surface area contributed by atoms with Crippen molar-refractivity contribution in [2.75, 3.05) is 38.4 Å². The lowest BCUT2D eigenvalue weighted by Gasteiger charge is -2.40. The number of hydrogen-bond donors (Lipinski definition) is 0. The number of thioether (sulfide) groups is 1. The summed E-state index contributed by atoms with van der Waals surface area (Å²) in [6, 6.07) is 0. The van der Waals surface area contributed by atoms with E-state index in [2.05, 4.69) is 13.2 Å². The van der Waals surface area contributed by atoms with Gasteiger partial charge in [-0.3, -0.25) is 0 Å². The van der Waals surface area contributed by atoms with Gasteiger partial charge in [0.2, 0.25) is 0 Å². The SMILES string of the molecule is CCC1(COCCSC)COC1. The Morgan fingerprint density at radius 2 is 2.25 bits per heavy atom. The molecule has 0 aromatic heterocycles. The summed E-state index contributed by atoms with van der Waals surface area (Å²) in [6.07, 6.45) is 3.28. The zero-order chi connectivity index (χ0) is 8.86. The van der Waals surface area contributed by atoms with E-state index in [1.807, 2.05) is 11.8 Å². The van der Waals surface area contributed by atoms with E-state index in [0.29, 0.717) is 5.41 Å². The second kappa shape index (κ2) is 5.10. The van der Waals surface area contributed by atoms with Crippen LogP contribution in [0, 0.1) is 5.41 Å². The fourth-order valence-corrected chi connectivity index (χ4v) is 1.50. The van der Waals surface area contributed by atoms with Crippen molar-refractivity contribution in [3.05, 3.63) is 0 Å². The van der Waals surface area contributed by atoms with E-state index in [-0.39, 0.29) is 0 Å². The Morgan fingerprint density at radius 3 is 2.67 bits per heavy atom. The highest BCUT2D eigenvalue weighted by molar-refractivity contribution is 7.98. The van der Waals surface area contributed by atoms with Gasteiger partial charge in [0.25, 0.3) is 0 Å². The first-order valence-corrected chi connectivity index (χ1v) is 5.87. The molecular formula is C9H18O2S. The molecule has 1 aliphatic heterocycles. The van der Waals surface area contributed by atoms with Gasteiger partial charge in [0.05, 0.1) is 26.4 Å². The third kappa shape index (κ3) is 2.64. The molecular weight excluding hydrogens is 172 g/mol. The quantitative estimate of drug-likeness (QED) is 0.595. The first kappa shape index (κ1) is 10.4. The molecule has 0 atom stereocenters. The molecule has 0 saturated carbocycles. The maximum Gasteiger partial charge on any atom is 0.0567 e. The third-order valence-electron chi connectivity index (χ3n) is 2.41.